The Morgan fingerprint density at radius 3 is 2.59 bits per heavy atom. The lowest BCUT2D eigenvalue weighted by Gasteiger charge is -2.08. The van der Waals surface area contributed by atoms with Crippen molar-refractivity contribution in [1.29, 1.82) is 0 Å². The van der Waals surface area contributed by atoms with Gasteiger partial charge in [0.15, 0.2) is 14.6 Å². The quantitative estimate of drug-likeness (QED) is 0.435. The Bertz CT molecular complexity index is 1270. The van der Waals surface area contributed by atoms with Gasteiger partial charge in [0.05, 0.1) is 33.6 Å². The number of sulfone groups is 1. The first-order valence-electron chi connectivity index (χ1n) is 10.5. The second kappa shape index (κ2) is 10.4. The van der Waals surface area contributed by atoms with Crippen molar-refractivity contribution in [1.82, 2.24) is 4.57 Å². The summed E-state index contributed by atoms with van der Waals surface area (Å²) in [5.41, 5.74) is 1.16. The Morgan fingerprint density at radius 1 is 1.12 bits per heavy atom. The molecule has 2 aromatic carbocycles. The molecule has 0 fully saturated rings. The first kappa shape index (κ1) is 24.2. The summed E-state index contributed by atoms with van der Waals surface area (Å²) in [7, 11) is -3.49. The van der Waals surface area contributed by atoms with Crippen LogP contribution in [-0.2, 0) is 21.1 Å². The molecule has 0 atom stereocenters. The van der Waals surface area contributed by atoms with Crippen LogP contribution in [0.2, 0.25) is 0 Å². The summed E-state index contributed by atoms with van der Waals surface area (Å²) in [4.78, 5) is 18.0. The van der Waals surface area contributed by atoms with E-state index in [2.05, 4.69) is 4.99 Å². The number of carbonyl (C=O) groups is 1. The second-order valence-electron chi connectivity index (χ2n) is 7.33. The third-order valence-corrected chi connectivity index (χ3v) is 8.05. The molecular formula is C23H28N2O5S2. The Labute approximate surface area is 192 Å². The van der Waals surface area contributed by atoms with Crippen LogP contribution in [0.3, 0.4) is 0 Å². The van der Waals surface area contributed by atoms with Crippen LogP contribution < -0.4 is 9.54 Å². The van der Waals surface area contributed by atoms with Crippen molar-refractivity contribution in [3.8, 4) is 5.75 Å². The summed E-state index contributed by atoms with van der Waals surface area (Å²) in [5, 5.41) is -0.576. The Hall–Kier alpha value is -2.49. The molecular weight excluding hydrogens is 448 g/mol. The van der Waals surface area contributed by atoms with Crippen molar-refractivity contribution in [2.24, 2.45) is 4.99 Å². The van der Waals surface area contributed by atoms with Crippen molar-refractivity contribution >= 4 is 37.3 Å². The Morgan fingerprint density at radius 2 is 1.91 bits per heavy atom. The van der Waals surface area contributed by atoms with Crippen LogP contribution in [0.4, 0.5) is 0 Å². The fraction of sp³-hybridized carbons (Fsp3) is 0.391. The van der Waals surface area contributed by atoms with E-state index in [1.807, 2.05) is 36.6 Å². The summed E-state index contributed by atoms with van der Waals surface area (Å²) in [6.45, 7) is 9.26. The predicted molar refractivity (Wildman–Crippen MR) is 126 cm³/mol. The molecule has 0 unspecified atom stereocenters. The van der Waals surface area contributed by atoms with Gasteiger partial charge in [-0.1, -0.05) is 17.4 Å². The molecule has 0 spiro atoms. The van der Waals surface area contributed by atoms with Gasteiger partial charge < -0.3 is 14.0 Å². The molecule has 0 radical (unpaired) electrons. The van der Waals surface area contributed by atoms with Crippen LogP contribution in [0.1, 0.15) is 38.1 Å². The molecule has 0 saturated heterocycles. The van der Waals surface area contributed by atoms with E-state index >= 15 is 0 Å². The highest BCUT2D eigenvalue weighted by molar-refractivity contribution is 7.92. The van der Waals surface area contributed by atoms with Gasteiger partial charge in [0.1, 0.15) is 5.75 Å². The minimum absolute atomic E-state index is 0.121. The van der Waals surface area contributed by atoms with E-state index in [9.17, 15) is 13.2 Å². The van der Waals surface area contributed by atoms with Crippen molar-refractivity contribution in [3.05, 3.63) is 52.8 Å². The van der Waals surface area contributed by atoms with Crippen LogP contribution in [0.25, 0.3) is 10.2 Å². The fourth-order valence-corrected chi connectivity index (χ4v) is 5.33. The smallest absolute Gasteiger partial charge is 0.279 e. The third kappa shape index (κ3) is 5.28. The number of ether oxygens (including phenoxy) is 2. The number of aromatic nitrogens is 1. The summed E-state index contributed by atoms with van der Waals surface area (Å²) in [6.07, 6.45) is 0. The molecule has 0 aliphatic heterocycles. The number of benzene rings is 2. The topological polar surface area (TPSA) is 87.0 Å². The molecule has 0 aliphatic carbocycles. The van der Waals surface area contributed by atoms with Gasteiger partial charge in [-0.3, -0.25) is 4.79 Å². The van der Waals surface area contributed by atoms with E-state index in [4.69, 9.17) is 9.47 Å². The zero-order valence-electron chi connectivity index (χ0n) is 18.7. The molecule has 0 aliphatic rings. The maximum absolute atomic E-state index is 13.0. The first-order chi connectivity index (χ1) is 15.3. The minimum Gasteiger partial charge on any atom is -0.494 e. The van der Waals surface area contributed by atoms with Gasteiger partial charge in [0.25, 0.3) is 5.91 Å². The summed E-state index contributed by atoms with van der Waals surface area (Å²) < 4.78 is 39.0. The molecule has 172 valence electrons. The normalized spacial score (nSPS) is 12.6. The Balaban J connectivity index is 2.06. The standard InChI is InChI=1S/C23H28N2O5S2/c1-5-29-13-12-25-20-11-10-18(30-6-2)15-21(20)31-23(25)24-22(26)17-8-7-9-19(14-17)32(27,28)16(3)4/h7-11,14-16H,5-6,12-13H2,1-4H3. The molecule has 1 heterocycles. The van der Waals surface area contributed by atoms with Gasteiger partial charge in [-0.2, -0.15) is 4.99 Å². The summed E-state index contributed by atoms with van der Waals surface area (Å²) >= 11 is 1.38. The van der Waals surface area contributed by atoms with Gasteiger partial charge in [0, 0.05) is 18.7 Å². The molecule has 9 heteroatoms. The van der Waals surface area contributed by atoms with Gasteiger partial charge in [-0.05, 0) is 64.1 Å². The molecule has 0 N–H and O–H groups in total. The largest absolute Gasteiger partial charge is 0.494 e. The van der Waals surface area contributed by atoms with Crippen LogP contribution in [0, 0.1) is 0 Å². The molecule has 32 heavy (non-hydrogen) atoms. The van der Waals surface area contributed by atoms with Crippen molar-refractivity contribution in [2.45, 2.75) is 44.4 Å². The number of rotatable bonds is 9. The zero-order valence-corrected chi connectivity index (χ0v) is 20.3. The maximum atomic E-state index is 13.0. The lowest BCUT2D eigenvalue weighted by atomic mass is 10.2. The minimum atomic E-state index is -3.49. The molecule has 7 nitrogen and oxygen atoms in total. The average Bonchev–Trinajstić information content (AvgIpc) is 3.10. The number of carbonyl (C=O) groups excluding carboxylic acids is 1. The molecule has 3 aromatic rings. The van der Waals surface area contributed by atoms with Crippen LogP contribution in [0.15, 0.2) is 52.4 Å². The number of hydrogen-bond donors (Lipinski definition) is 0. The van der Waals surface area contributed by atoms with Gasteiger partial charge in [-0.25, -0.2) is 8.42 Å². The first-order valence-corrected chi connectivity index (χ1v) is 12.9. The van der Waals surface area contributed by atoms with Gasteiger partial charge in [0.2, 0.25) is 0 Å². The van der Waals surface area contributed by atoms with Crippen molar-refractivity contribution in [2.75, 3.05) is 19.8 Å². The van der Waals surface area contributed by atoms with Crippen molar-refractivity contribution < 1.29 is 22.7 Å². The maximum Gasteiger partial charge on any atom is 0.279 e. The number of fused-ring (bicyclic) bond motifs is 1. The van der Waals surface area contributed by atoms with Crippen LogP contribution in [-0.4, -0.2) is 44.0 Å². The van der Waals surface area contributed by atoms with E-state index in [1.165, 1.54) is 23.5 Å². The lowest BCUT2D eigenvalue weighted by molar-refractivity contribution is 0.0996. The number of thiazole rings is 1. The van der Waals surface area contributed by atoms with Crippen molar-refractivity contribution in [3.63, 3.8) is 0 Å². The molecule has 3 rings (SSSR count). The monoisotopic (exact) mass is 476 g/mol. The summed E-state index contributed by atoms with van der Waals surface area (Å²) in [6, 6.07) is 11.8. The second-order valence-corrected chi connectivity index (χ2v) is 10.8. The summed E-state index contributed by atoms with van der Waals surface area (Å²) in [5.74, 6) is 0.259. The van der Waals surface area contributed by atoms with E-state index in [-0.39, 0.29) is 10.5 Å². The number of nitrogens with zero attached hydrogens (tertiary/aromatic N) is 2. The number of amides is 1. The lowest BCUT2D eigenvalue weighted by Crippen LogP contribution is -2.20. The van der Waals surface area contributed by atoms with E-state index < -0.39 is 21.0 Å². The Kier molecular flexibility index (Phi) is 7.86. The van der Waals surface area contributed by atoms with E-state index in [0.29, 0.717) is 31.2 Å². The SMILES string of the molecule is CCOCCn1c(=NC(=O)c2cccc(S(=O)(=O)C(C)C)c2)sc2cc(OCC)ccc21. The average molecular weight is 477 g/mol. The highest BCUT2D eigenvalue weighted by Crippen LogP contribution is 2.24. The van der Waals surface area contributed by atoms with Gasteiger partial charge >= 0.3 is 0 Å². The predicted octanol–water partition coefficient (Wildman–Crippen LogP) is 4.06. The fourth-order valence-electron chi connectivity index (χ4n) is 3.14. The van der Waals surface area contributed by atoms with Crippen LogP contribution >= 0.6 is 11.3 Å². The molecule has 0 saturated carbocycles. The molecule has 1 amide bonds. The van der Waals surface area contributed by atoms with Crippen LogP contribution in [0.5, 0.6) is 5.75 Å². The number of hydrogen-bond acceptors (Lipinski definition) is 6. The molecule has 0 bridgehead atoms. The molecule has 1 aromatic heterocycles. The zero-order chi connectivity index (χ0) is 23.3. The van der Waals surface area contributed by atoms with E-state index in [0.717, 1.165) is 16.0 Å². The third-order valence-electron chi connectivity index (χ3n) is 4.86. The highest BCUT2D eigenvalue weighted by Gasteiger charge is 2.20. The van der Waals surface area contributed by atoms with E-state index in [1.54, 1.807) is 26.0 Å². The highest BCUT2D eigenvalue weighted by atomic mass is 32.2. The van der Waals surface area contributed by atoms with Gasteiger partial charge in [-0.15, -0.1) is 0 Å².